The maximum Gasteiger partial charge on any atom is 0.254 e. The van der Waals surface area contributed by atoms with Gasteiger partial charge >= 0.3 is 0 Å². The molecule has 0 bridgehead atoms. The number of pyridine rings is 1. The Morgan fingerprint density at radius 2 is 2.11 bits per heavy atom. The molecule has 19 heavy (non-hydrogen) atoms. The molecule has 0 saturated heterocycles. The summed E-state index contributed by atoms with van der Waals surface area (Å²) in [5.74, 6) is -0.188. The minimum absolute atomic E-state index is 0.188. The third-order valence-corrected chi connectivity index (χ3v) is 3.28. The summed E-state index contributed by atoms with van der Waals surface area (Å²) in [6, 6.07) is 9.75. The maximum absolute atomic E-state index is 11.9. The number of rotatable bonds is 4. The van der Waals surface area contributed by atoms with Crippen molar-refractivity contribution in [3.8, 4) is 0 Å². The van der Waals surface area contributed by atoms with Crippen molar-refractivity contribution in [2.24, 2.45) is 0 Å². The van der Waals surface area contributed by atoms with E-state index in [-0.39, 0.29) is 5.91 Å². The second-order valence-electron chi connectivity index (χ2n) is 4.29. The van der Waals surface area contributed by atoms with E-state index in [2.05, 4.69) is 29.4 Å². The Kier molecular flexibility index (Phi) is 4.53. The fourth-order valence-electron chi connectivity index (χ4n) is 1.84. The average molecular weight is 275 g/mol. The first-order valence-electron chi connectivity index (χ1n) is 6.10. The van der Waals surface area contributed by atoms with Crippen molar-refractivity contribution in [3.05, 3.63) is 64.4 Å². The van der Waals surface area contributed by atoms with E-state index in [0.29, 0.717) is 17.1 Å². The third-order valence-electron chi connectivity index (χ3n) is 2.95. The SMILES string of the molecule is Cc1ccccc1CCNC(=O)c1cnccc1Cl. The first-order chi connectivity index (χ1) is 9.18. The van der Waals surface area contributed by atoms with Crippen LogP contribution in [0, 0.1) is 6.92 Å². The second kappa shape index (κ2) is 6.34. The van der Waals surface area contributed by atoms with Crippen LogP contribution in [0.2, 0.25) is 5.02 Å². The van der Waals surface area contributed by atoms with Crippen molar-refractivity contribution in [1.29, 1.82) is 0 Å². The molecular weight excluding hydrogens is 260 g/mol. The quantitative estimate of drug-likeness (QED) is 0.931. The van der Waals surface area contributed by atoms with Crippen LogP contribution in [0.5, 0.6) is 0 Å². The lowest BCUT2D eigenvalue weighted by Crippen LogP contribution is -2.26. The lowest BCUT2D eigenvalue weighted by molar-refractivity contribution is 0.0954. The van der Waals surface area contributed by atoms with Crippen molar-refractivity contribution in [2.75, 3.05) is 6.54 Å². The highest BCUT2D eigenvalue weighted by atomic mass is 35.5. The Morgan fingerprint density at radius 3 is 2.84 bits per heavy atom. The molecule has 0 atom stereocenters. The number of nitrogens with one attached hydrogen (secondary N) is 1. The predicted molar refractivity (Wildman–Crippen MR) is 76.5 cm³/mol. The highest BCUT2D eigenvalue weighted by Crippen LogP contribution is 2.13. The van der Waals surface area contributed by atoms with Crippen LogP contribution in [0.15, 0.2) is 42.7 Å². The van der Waals surface area contributed by atoms with Gasteiger partial charge < -0.3 is 5.32 Å². The molecule has 2 rings (SSSR count). The van der Waals surface area contributed by atoms with Gasteiger partial charge in [0.05, 0.1) is 10.6 Å². The Labute approximate surface area is 117 Å². The van der Waals surface area contributed by atoms with Crippen LogP contribution in [0.1, 0.15) is 21.5 Å². The van der Waals surface area contributed by atoms with Crippen molar-refractivity contribution < 1.29 is 4.79 Å². The Hall–Kier alpha value is -1.87. The van der Waals surface area contributed by atoms with Gasteiger partial charge in [0, 0.05) is 18.9 Å². The zero-order valence-corrected chi connectivity index (χ0v) is 11.4. The molecule has 0 aliphatic rings. The number of nitrogens with zero attached hydrogens (tertiary/aromatic N) is 1. The monoisotopic (exact) mass is 274 g/mol. The number of amides is 1. The summed E-state index contributed by atoms with van der Waals surface area (Å²) in [4.78, 5) is 15.8. The van der Waals surface area contributed by atoms with Crippen LogP contribution in [0.25, 0.3) is 0 Å². The van der Waals surface area contributed by atoms with Crippen LogP contribution >= 0.6 is 11.6 Å². The fourth-order valence-corrected chi connectivity index (χ4v) is 2.03. The molecule has 0 unspecified atom stereocenters. The molecule has 1 heterocycles. The van der Waals surface area contributed by atoms with Crippen molar-refractivity contribution in [3.63, 3.8) is 0 Å². The zero-order chi connectivity index (χ0) is 13.7. The molecule has 0 spiro atoms. The van der Waals surface area contributed by atoms with Gasteiger partial charge in [-0.15, -0.1) is 0 Å². The normalized spacial score (nSPS) is 10.2. The van der Waals surface area contributed by atoms with E-state index in [1.165, 1.54) is 17.3 Å². The molecule has 2 aromatic rings. The minimum Gasteiger partial charge on any atom is -0.352 e. The van der Waals surface area contributed by atoms with E-state index in [0.717, 1.165) is 6.42 Å². The smallest absolute Gasteiger partial charge is 0.254 e. The summed E-state index contributed by atoms with van der Waals surface area (Å²) >= 11 is 5.94. The topological polar surface area (TPSA) is 42.0 Å². The molecule has 0 aliphatic carbocycles. The standard InChI is InChI=1S/C15H15ClN2O/c1-11-4-2-3-5-12(11)6-9-18-15(19)13-10-17-8-7-14(13)16/h2-5,7-8,10H,6,9H2,1H3,(H,18,19). The summed E-state index contributed by atoms with van der Waals surface area (Å²) in [7, 11) is 0. The summed E-state index contributed by atoms with van der Waals surface area (Å²) in [6.45, 7) is 2.64. The van der Waals surface area contributed by atoms with Crippen LogP contribution < -0.4 is 5.32 Å². The van der Waals surface area contributed by atoms with Gasteiger partial charge in [-0.25, -0.2) is 0 Å². The highest BCUT2D eigenvalue weighted by Gasteiger charge is 2.09. The van der Waals surface area contributed by atoms with E-state index in [1.54, 1.807) is 12.3 Å². The lowest BCUT2D eigenvalue weighted by atomic mass is 10.1. The van der Waals surface area contributed by atoms with Crippen LogP contribution in [-0.4, -0.2) is 17.4 Å². The molecule has 0 saturated carbocycles. The number of hydrogen-bond acceptors (Lipinski definition) is 2. The van der Waals surface area contributed by atoms with Crippen molar-refractivity contribution in [1.82, 2.24) is 10.3 Å². The van der Waals surface area contributed by atoms with E-state index in [9.17, 15) is 4.79 Å². The number of carbonyl (C=O) groups excluding carboxylic acids is 1. The molecule has 4 heteroatoms. The van der Waals surface area contributed by atoms with E-state index in [1.807, 2.05) is 12.1 Å². The lowest BCUT2D eigenvalue weighted by Gasteiger charge is -2.08. The molecule has 1 aromatic heterocycles. The second-order valence-corrected chi connectivity index (χ2v) is 4.70. The fraction of sp³-hybridized carbons (Fsp3) is 0.200. The molecule has 3 nitrogen and oxygen atoms in total. The number of aryl methyl sites for hydroxylation is 1. The van der Waals surface area contributed by atoms with Crippen molar-refractivity contribution in [2.45, 2.75) is 13.3 Å². The van der Waals surface area contributed by atoms with E-state index >= 15 is 0 Å². The Balaban J connectivity index is 1.92. The van der Waals surface area contributed by atoms with Crippen molar-refractivity contribution >= 4 is 17.5 Å². The summed E-state index contributed by atoms with van der Waals surface area (Å²) in [5.41, 5.74) is 2.88. The van der Waals surface area contributed by atoms with Gasteiger partial charge in [-0.1, -0.05) is 35.9 Å². The summed E-state index contributed by atoms with van der Waals surface area (Å²) in [5, 5.41) is 3.27. The van der Waals surface area contributed by atoms with Gasteiger partial charge in [-0.05, 0) is 30.5 Å². The highest BCUT2D eigenvalue weighted by molar-refractivity contribution is 6.33. The van der Waals surface area contributed by atoms with Gasteiger partial charge in [0.1, 0.15) is 0 Å². The van der Waals surface area contributed by atoms with Gasteiger partial charge in [0.25, 0.3) is 5.91 Å². The number of halogens is 1. The van der Waals surface area contributed by atoms with E-state index < -0.39 is 0 Å². The first kappa shape index (κ1) is 13.6. The molecule has 1 aromatic carbocycles. The average Bonchev–Trinajstić information content (AvgIpc) is 2.41. The van der Waals surface area contributed by atoms with Gasteiger partial charge in [0.15, 0.2) is 0 Å². The maximum atomic E-state index is 11.9. The first-order valence-corrected chi connectivity index (χ1v) is 6.48. The summed E-state index contributed by atoms with van der Waals surface area (Å²) in [6.07, 6.45) is 3.84. The van der Waals surface area contributed by atoms with E-state index in [4.69, 9.17) is 11.6 Å². The van der Waals surface area contributed by atoms with Crippen LogP contribution in [-0.2, 0) is 6.42 Å². The molecular formula is C15H15ClN2O. The molecule has 0 radical (unpaired) electrons. The number of aromatic nitrogens is 1. The van der Waals surface area contributed by atoms with Gasteiger partial charge in [-0.2, -0.15) is 0 Å². The molecule has 1 amide bonds. The molecule has 98 valence electrons. The Bertz CT molecular complexity index is 584. The number of hydrogen-bond donors (Lipinski definition) is 1. The third kappa shape index (κ3) is 3.55. The number of carbonyl (C=O) groups is 1. The predicted octanol–water partition coefficient (Wildman–Crippen LogP) is 3.02. The largest absolute Gasteiger partial charge is 0.352 e. The van der Waals surface area contributed by atoms with Crippen LogP contribution in [0.3, 0.4) is 0 Å². The minimum atomic E-state index is -0.188. The summed E-state index contributed by atoms with van der Waals surface area (Å²) < 4.78 is 0. The van der Waals surface area contributed by atoms with Gasteiger partial charge in [-0.3, -0.25) is 9.78 Å². The molecule has 1 N–H and O–H groups in total. The Morgan fingerprint density at radius 1 is 1.32 bits per heavy atom. The number of benzene rings is 1. The molecule has 0 fully saturated rings. The van der Waals surface area contributed by atoms with Crippen LogP contribution in [0.4, 0.5) is 0 Å². The molecule has 0 aliphatic heterocycles. The van der Waals surface area contributed by atoms with Gasteiger partial charge in [0.2, 0.25) is 0 Å². The zero-order valence-electron chi connectivity index (χ0n) is 10.7.